The Labute approximate surface area is 139 Å². The van der Waals surface area contributed by atoms with Gasteiger partial charge in [0.25, 0.3) is 0 Å². The van der Waals surface area contributed by atoms with Gasteiger partial charge >= 0.3 is 6.09 Å². The van der Waals surface area contributed by atoms with Crippen LogP contribution in [0.5, 0.6) is 5.75 Å². The van der Waals surface area contributed by atoms with Crippen molar-refractivity contribution in [1.82, 2.24) is 5.32 Å². The second-order valence-electron chi connectivity index (χ2n) is 6.49. The molecule has 0 saturated heterocycles. The van der Waals surface area contributed by atoms with Crippen LogP contribution < -0.4 is 10.1 Å². The van der Waals surface area contributed by atoms with E-state index >= 15 is 0 Å². The summed E-state index contributed by atoms with van der Waals surface area (Å²) in [5, 5.41) is 11.7. The van der Waals surface area contributed by atoms with E-state index in [-0.39, 0.29) is 12.7 Å². The van der Waals surface area contributed by atoms with Crippen LogP contribution in [-0.2, 0) is 11.3 Å². The third kappa shape index (κ3) is 9.79. The highest BCUT2D eigenvalue weighted by Crippen LogP contribution is 2.13. The van der Waals surface area contributed by atoms with Gasteiger partial charge in [0.2, 0.25) is 0 Å². The lowest BCUT2D eigenvalue weighted by molar-refractivity contribution is 0.0527. The van der Waals surface area contributed by atoms with Gasteiger partial charge in [0.1, 0.15) is 11.4 Å². The average Bonchev–Trinajstić information content (AvgIpc) is 2.48. The molecule has 0 radical (unpaired) electrons. The van der Waals surface area contributed by atoms with E-state index in [0.717, 1.165) is 37.0 Å². The molecule has 1 aromatic rings. The maximum atomic E-state index is 11.4. The van der Waals surface area contributed by atoms with Crippen LogP contribution in [0.25, 0.3) is 0 Å². The Kier molecular flexibility index (Phi) is 8.48. The maximum absolute atomic E-state index is 11.4. The van der Waals surface area contributed by atoms with Gasteiger partial charge < -0.3 is 19.9 Å². The molecule has 23 heavy (non-hydrogen) atoms. The van der Waals surface area contributed by atoms with Crippen LogP contribution in [0.4, 0.5) is 4.79 Å². The van der Waals surface area contributed by atoms with Crippen LogP contribution in [0.15, 0.2) is 24.3 Å². The van der Waals surface area contributed by atoms with Gasteiger partial charge in [-0.25, -0.2) is 4.79 Å². The fraction of sp³-hybridized carbons (Fsp3) is 0.611. The Bertz CT molecular complexity index is 451. The fourth-order valence-corrected chi connectivity index (χ4v) is 1.97. The van der Waals surface area contributed by atoms with Crippen LogP contribution in [0.2, 0.25) is 0 Å². The van der Waals surface area contributed by atoms with Crippen molar-refractivity contribution in [1.29, 1.82) is 0 Å². The number of unbranched alkanes of at least 4 members (excludes halogenated alkanes) is 3. The SMILES string of the molecule is CC(C)(C)OC(=O)NCCCCCCOc1ccc(CO)cc1. The molecule has 0 unspecified atom stereocenters. The number of carbonyl (C=O) groups excluding carboxylic acids is 1. The number of amides is 1. The molecule has 0 atom stereocenters. The molecule has 1 aromatic carbocycles. The van der Waals surface area contributed by atoms with Crippen molar-refractivity contribution in [2.75, 3.05) is 13.2 Å². The first-order valence-corrected chi connectivity index (χ1v) is 8.20. The molecule has 0 spiro atoms. The van der Waals surface area contributed by atoms with Crippen molar-refractivity contribution < 1.29 is 19.4 Å². The molecular formula is C18H29NO4. The first-order valence-electron chi connectivity index (χ1n) is 8.20. The van der Waals surface area contributed by atoms with Gasteiger partial charge in [0, 0.05) is 6.54 Å². The minimum absolute atomic E-state index is 0.0532. The van der Waals surface area contributed by atoms with Gasteiger partial charge in [-0.3, -0.25) is 0 Å². The molecule has 0 aromatic heterocycles. The van der Waals surface area contributed by atoms with E-state index in [4.69, 9.17) is 14.6 Å². The smallest absolute Gasteiger partial charge is 0.407 e. The third-order valence-electron chi connectivity index (χ3n) is 3.11. The van der Waals surface area contributed by atoms with Crippen molar-refractivity contribution in [3.05, 3.63) is 29.8 Å². The molecule has 5 heteroatoms. The van der Waals surface area contributed by atoms with E-state index < -0.39 is 5.60 Å². The van der Waals surface area contributed by atoms with Crippen LogP contribution in [0.1, 0.15) is 52.0 Å². The second kappa shape index (κ2) is 10.1. The molecule has 0 aliphatic rings. The quantitative estimate of drug-likeness (QED) is 0.681. The summed E-state index contributed by atoms with van der Waals surface area (Å²) in [5.74, 6) is 0.828. The van der Waals surface area contributed by atoms with Gasteiger partial charge in [0.15, 0.2) is 0 Å². The first kappa shape index (κ1) is 19.3. The number of ether oxygens (including phenoxy) is 2. The van der Waals surface area contributed by atoms with Crippen molar-refractivity contribution in [3.8, 4) is 5.75 Å². The number of carbonyl (C=O) groups is 1. The summed E-state index contributed by atoms with van der Waals surface area (Å²) in [7, 11) is 0. The number of rotatable bonds is 9. The van der Waals surface area contributed by atoms with Crippen molar-refractivity contribution in [2.45, 2.75) is 58.7 Å². The minimum atomic E-state index is -0.448. The van der Waals surface area contributed by atoms with E-state index in [1.54, 1.807) is 0 Å². The molecule has 0 aliphatic heterocycles. The molecule has 1 amide bonds. The highest BCUT2D eigenvalue weighted by Gasteiger charge is 2.15. The van der Waals surface area contributed by atoms with Crippen LogP contribution in [0.3, 0.4) is 0 Å². The summed E-state index contributed by atoms with van der Waals surface area (Å²) in [6.07, 6.45) is 3.67. The summed E-state index contributed by atoms with van der Waals surface area (Å²) in [6, 6.07) is 7.46. The molecule has 130 valence electrons. The van der Waals surface area contributed by atoms with Gasteiger partial charge in [-0.05, 0) is 51.3 Å². The highest BCUT2D eigenvalue weighted by molar-refractivity contribution is 5.67. The standard InChI is InChI=1S/C18H29NO4/c1-18(2,3)23-17(21)19-12-6-4-5-7-13-22-16-10-8-15(14-20)9-11-16/h8-11,20H,4-7,12-14H2,1-3H3,(H,19,21). The number of aliphatic hydroxyl groups is 1. The summed E-state index contributed by atoms with van der Waals surface area (Å²) in [6.45, 7) is 6.92. The number of aliphatic hydroxyl groups excluding tert-OH is 1. The van der Waals surface area contributed by atoms with Crippen molar-refractivity contribution in [3.63, 3.8) is 0 Å². The Morgan fingerprint density at radius 2 is 1.74 bits per heavy atom. The van der Waals surface area contributed by atoms with Crippen molar-refractivity contribution >= 4 is 6.09 Å². The predicted molar refractivity (Wildman–Crippen MR) is 90.6 cm³/mol. The largest absolute Gasteiger partial charge is 0.494 e. The third-order valence-corrected chi connectivity index (χ3v) is 3.11. The molecule has 0 bridgehead atoms. The predicted octanol–water partition coefficient (Wildman–Crippen LogP) is 3.64. The molecule has 0 fully saturated rings. The fourth-order valence-electron chi connectivity index (χ4n) is 1.97. The molecule has 0 saturated carbocycles. The molecule has 5 nitrogen and oxygen atoms in total. The second-order valence-corrected chi connectivity index (χ2v) is 6.49. The lowest BCUT2D eigenvalue weighted by Gasteiger charge is -2.19. The van der Waals surface area contributed by atoms with Gasteiger partial charge in [-0.2, -0.15) is 0 Å². The lowest BCUT2D eigenvalue weighted by Crippen LogP contribution is -2.32. The summed E-state index contributed by atoms with van der Waals surface area (Å²) < 4.78 is 10.8. The number of hydrogen-bond donors (Lipinski definition) is 2. The lowest BCUT2D eigenvalue weighted by atomic mass is 10.2. The summed E-state index contributed by atoms with van der Waals surface area (Å²) in [4.78, 5) is 11.4. The topological polar surface area (TPSA) is 67.8 Å². The molecule has 0 aliphatic carbocycles. The number of benzene rings is 1. The van der Waals surface area contributed by atoms with Crippen LogP contribution in [-0.4, -0.2) is 30.0 Å². The summed E-state index contributed by atoms with van der Waals surface area (Å²) >= 11 is 0. The zero-order valence-corrected chi connectivity index (χ0v) is 14.4. The number of hydrogen-bond acceptors (Lipinski definition) is 4. The minimum Gasteiger partial charge on any atom is -0.494 e. The first-order chi connectivity index (χ1) is 10.9. The Balaban J connectivity index is 1.98. The van der Waals surface area contributed by atoms with E-state index in [2.05, 4.69) is 5.32 Å². The van der Waals surface area contributed by atoms with E-state index in [1.165, 1.54) is 0 Å². The van der Waals surface area contributed by atoms with Gasteiger partial charge in [0.05, 0.1) is 13.2 Å². The Morgan fingerprint density at radius 3 is 2.35 bits per heavy atom. The molecular weight excluding hydrogens is 294 g/mol. The number of alkyl carbamates (subject to hydrolysis) is 1. The van der Waals surface area contributed by atoms with Crippen LogP contribution >= 0.6 is 0 Å². The van der Waals surface area contributed by atoms with Crippen molar-refractivity contribution in [2.24, 2.45) is 0 Å². The summed E-state index contributed by atoms with van der Waals surface area (Å²) in [5.41, 5.74) is 0.436. The Morgan fingerprint density at radius 1 is 1.09 bits per heavy atom. The molecule has 2 N–H and O–H groups in total. The monoisotopic (exact) mass is 323 g/mol. The van der Waals surface area contributed by atoms with E-state index in [1.807, 2.05) is 45.0 Å². The van der Waals surface area contributed by atoms with Gasteiger partial charge in [-0.1, -0.05) is 25.0 Å². The zero-order valence-electron chi connectivity index (χ0n) is 14.4. The van der Waals surface area contributed by atoms with Gasteiger partial charge in [-0.15, -0.1) is 0 Å². The van der Waals surface area contributed by atoms with E-state index in [9.17, 15) is 4.79 Å². The highest BCUT2D eigenvalue weighted by atomic mass is 16.6. The maximum Gasteiger partial charge on any atom is 0.407 e. The normalized spacial score (nSPS) is 11.1. The molecule has 0 heterocycles. The average molecular weight is 323 g/mol. The van der Waals surface area contributed by atoms with E-state index in [0.29, 0.717) is 13.2 Å². The molecule has 1 rings (SSSR count). The zero-order chi connectivity index (χ0) is 17.1. The van der Waals surface area contributed by atoms with Crippen LogP contribution in [0, 0.1) is 0 Å². The Hall–Kier alpha value is -1.75. The number of nitrogens with one attached hydrogen (secondary N) is 1.